The Morgan fingerprint density at radius 3 is 2.77 bits per heavy atom. The van der Waals surface area contributed by atoms with Gasteiger partial charge in [-0.25, -0.2) is 14.5 Å². The van der Waals surface area contributed by atoms with E-state index in [4.69, 9.17) is 26.2 Å². The Morgan fingerprint density at radius 1 is 1.21 bits per heavy atom. The number of nitrogens with zero attached hydrogens (tertiary/aromatic N) is 7. The highest BCUT2D eigenvalue weighted by Gasteiger charge is 2.24. The highest BCUT2D eigenvalue weighted by atomic mass is 35.5. The van der Waals surface area contributed by atoms with Gasteiger partial charge in [0.2, 0.25) is 0 Å². The third-order valence-electron chi connectivity index (χ3n) is 6.44. The van der Waals surface area contributed by atoms with Crippen LogP contribution in [0.4, 0.5) is 5.82 Å². The molecule has 4 heterocycles. The fourth-order valence-electron chi connectivity index (χ4n) is 4.53. The van der Waals surface area contributed by atoms with Crippen LogP contribution in [0.2, 0.25) is 5.02 Å². The van der Waals surface area contributed by atoms with Gasteiger partial charge in [0.25, 0.3) is 5.56 Å². The standard InChI is InChI=1S/C27H27ClN8O3/c1-3-20(39-12-11-38-2)15-34(26-23-18(13-29)14-30-25(23)31-17-32-26)16-22-33-35-10-9-21(28)24(35)27(37)36(22)19-7-5-4-6-8-19/h4-10,14,17,20H,3,11-12,15-16H2,1-2H3,(H,30,31,32)/t20-/m0/s1. The summed E-state index contributed by atoms with van der Waals surface area (Å²) in [7, 11) is 1.63. The minimum Gasteiger partial charge on any atom is -0.382 e. The molecular weight excluding hydrogens is 520 g/mol. The van der Waals surface area contributed by atoms with Gasteiger partial charge in [-0.05, 0) is 24.6 Å². The van der Waals surface area contributed by atoms with E-state index in [0.29, 0.717) is 58.7 Å². The predicted molar refractivity (Wildman–Crippen MR) is 147 cm³/mol. The lowest BCUT2D eigenvalue weighted by Crippen LogP contribution is -2.37. The zero-order chi connectivity index (χ0) is 27.4. The molecule has 0 bridgehead atoms. The first-order valence-corrected chi connectivity index (χ1v) is 12.8. The molecule has 0 fully saturated rings. The number of hydrogen-bond donors (Lipinski definition) is 1. The second kappa shape index (κ2) is 11.7. The molecule has 4 aromatic heterocycles. The Balaban J connectivity index is 1.67. The van der Waals surface area contributed by atoms with Crippen LogP contribution in [0.15, 0.2) is 59.9 Å². The van der Waals surface area contributed by atoms with E-state index in [1.165, 1.54) is 10.8 Å². The Bertz CT molecular complexity index is 1690. The molecule has 1 N–H and O–H groups in total. The van der Waals surface area contributed by atoms with E-state index in [9.17, 15) is 10.1 Å². The van der Waals surface area contributed by atoms with Crippen molar-refractivity contribution in [3.63, 3.8) is 0 Å². The molecule has 0 aliphatic rings. The van der Waals surface area contributed by atoms with Crippen LogP contribution in [0.3, 0.4) is 0 Å². The minimum atomic E-state index is -0.295. The summed E-state index contributed by atoms with van der Waals surface area (Å²) in [6, 6.07) is 13.1. The summed E-state index contributed by atoms with van der Waals surface area (Å²) in [5, 5.41) is 15.5. The van der Waals surface area contributed by atoms with E-state index >= 15 is 0 Å². The third-order valence-corrected chi connectivity index (χ3v) is 6.75. The van der Waals surface area contributed by atoms with E-state index in [1.807, 2.05) is 42.2 Å². The Morgan fingerprint density at radius 2 is 2.03 bits per heavy atom. The maximum atomic E-state index is 13.8. The maximum absolute atomic E-state index is 13.8. The van der Waals surface area contributed by atoms with E-state index in [2.05, 4.69) is 21.0 Å². The van der Waals surface area contributed by atoms with Crippen LogP contribution in [0, 0.1) is 11.3 Å². The normalized spacial score (nSPS) is 12.2. The van der Waals surface area contributed by atoms with Crippen molar-refractivity contribution in [3.05, 3.63) is 81.9 Å². The fraction of sp³-hybridized carbons (Fsp3) is 0.296. The molecule has 11 nitrogen and oxygen atoms in total. The van der Waals surface area contributed by atoms with Crippen molar-refractivity contribution in [2.24, 2.45) is 0 Å². The SMILES string of the molecule is CC[C@@H](CN(Cc1nn2ccc(Cl)c2c(=O)n1-c1ccccc1)c1ncnc2[nH]cc(C#N)c12)OCCOC. The number of anilines is 1. The first-order chi connectivity index (χ1) is 19.0. The van der Waals surface area contributed by atoms with Crippen LogP contribution in [0.1, 0.15) is 24.7 Å². The molecule has 0 aliphatic heterocycles. The lowest BCUT2D eigenvalue weighted by molar-refractivity contribution is 0.0189. The molecule has 5 aromatic rings. The number of fused-ring (bicyclic) bond motifs is 2. The molecule has 0 saturated heterocycles. The highest BCUT2D eigenvalue weighted by molar-refractivity contribution is 6.33. The third kappa shape index (κ3) is 5.22. The number of nitrogens with one attached hydrogen (secondary N) is 1. The molecule has 5 rings (SSSR count). The smallest absolute Gasteiger partial charge is 0.284 e. The summed E-state index contributed by atoms with van der Waals surface area (Å²) in [6.07, 6.45) is 5.25. The highest BCUT2D eigenvalue weighted by Crippen LogP contribution is 2.28. The van der Waals surface area contributed by atoms with Gasteiger partial charge in [0, 0.05) is 26.0 Å². The number of nitriles is 1. The second-order valence-corrected chi connectivity index (χ2v) is 9.27. The van der Waals surface area contributed by atoms with Crippen LogP contribution in [-0.2, 0) is 16.0 Å². The van der Waals surface area contributed by atoms with Gasteiger partial charge in [-0.3, -0.25) is 9.36 Å². The molecule has 0 saturated carbocycles. The number of ether oxygens (including phenoxy) is 2. The summed E-state index contributed by atoms with van der Waals surface area (Å²) in [5.74, 6) is 0.990. The zero-order valence-electron chi connectivity index (χ0n) is 21.5. The lowest BCUT2D eigenvalue weighted by atomic mass is 10.2. The summed E-state index contributed by atoms with van der Waals surface area (Å²) >= 11 is 6.36. The molecule has 200 valence electrons. The monoisotopic (exact) mass is 546 g/mol. The van der Waals surface area contributed by atoms with Crippen molar-refractivity contribution in [3.8, 4) is 11.8 Å². The van der Waals surface area contributed by atoms with Gasteiger partial charge in [0.05, 0.1) is 47.5 Å². The van der Waals surface area contributed by atoms with Crippen LogP contribution >= 0.6 is 11.6 Å². The van der Waals surface area contributed by atoms with Gasteiger partial charge in [0.15, 0.2) is 5.82 Å². The van der Waals surface area contributed by atoms with Gasteiger partial charge >= 0.3 is 0 Å². The molecule has 1 atom stereocenters. The van der Waals surface area contributed by atoms with Gasteiger partial charge in [-0.15, -0.1) is 0 Å². The number of methoxy groups -OCH3 is 1. The van der Waals surface area contributed by atoms with Gasteiger partial charge in [-0.1, -0.05) is 36.7 Å². The van der Waals surface area contributed by atoms with Crippen molar-refractivity contribution in [2.45, 2.75) is 26.0 Å². The molecule has 0 aliphatic carbocycles. The van der Waals surface area contributed by atoms with Crippen LogP contribution in [0.25, 0.3) is 22.2 Å². The van der Waals surface area contributed by atoms with Gasteiger partial charge in [-0.2, -0.15) is 10.4 Å². The fourth-order valence-corrected chi connectivity index (χ4v) is 4.76. The van der Waals surface area contributed by atoms with E-state index in [1.54, 1.807) is 30.1 Å². The number of rotatable bonds is 11. The van der Waals surface area contributed by atoms with Crippen molar-refractivity contribution < 1.29 is 9.47 Å². The number of benzene rings is 1. The van der Waals surface area contributed by atoms with Gasteiger partial charge in [0.1, 0.15) is 29.4 Å². The number of H-pyrrole nitrogens is 1. The number of aromatic nitrogens is 6. The first kappa shape index (κ1) is 26.4. The van der Waals surface area contributed by atoms with Crippen LogP contribution in [0.5, 0.6) is 0 Å². The summed E-state index contributed by atoms with van der Waals surface area (Å²) in [6.45, 7) is 3.52. The summed E-state index contributed by atoms with van der Waals surface area (Å²) in [4.78, 5) is 27.7. The number of hydrogen-bond acceptors (Lipinski definition) is 8. The predicted octanol–water partition coefficient (Wildman–Crippen LogP) is 3.73. The van der Waals surface area contributed by atoms with Crippen LogP contribution < -0.4 is 10.5 Å². The average Bonchev–Trinajstić information content (AvgIpc) is 3.55. The average molecular weight is 547 g/mol. The first-order valence-electron chi connectivity index (χ1n) is 12.5. The largest absolute Gasteiger partial charge is 0.382 e. The molecule has 0 unspecified atom stereocenters. The lowest BCUT2D eigenvalue weighted by Gasteiger charge is -2.29. The van der Waals surface area contributed by atoms with E-state index in [0.717, 1.165) is 6.42 Å². The maximum Gasteiger partial charge on any atom is 0.284 e. The molecule has 0 radical (unpaired) electrons. The molecule has 39 heavy (non-hydrogen) atoms. The van der Waals surface area contributed by atoms with Crippen molar-refractivity contribution in [1.29, 1.82) is 5.26 Å². The molecule has 0 amide bonds. The quantitative estimate of drug-likeness (QED) is 0.248. The van der Waals surface area contributed by atoms with Crippen molar-refractivity contribution >= 4 is 34.0 Å². The molecule has 12 heteroatoms. The zero-order valence-corrected chi connectivity index (χ0v) is 22.3. The molecular formula is C27H27ClN8O3. The Kier molecular flexibility index (Phi) is 7.88. The topological polar surface area (TPSA) is 126 Å². The minimum absolute atomic E-state index is 0.183. The van der Waals surface area contributed by atoms with Crippen molar-refractivity contribution in [2.75, 3.05) is 31.8 Å². The number of para-hydroxylation sites is 1. The summed E-state index contributed by atoms with van der Waals surface area (Å²) in [5.41, 5.74) is 1.60. The number of aromatic amines is 1. The van der Waals surface area contributed by atoms with Crippen molar-refractivity contribution in [1.82, 2.24) is 29.1 Å². The Hall–Kier alpha value is -4.24. The molecule has 1 aromatic carbocycles. The molecule has 0 spiro atoms. The van der Waals surface area contributed by atoms with E-state index < -0.39 is 0 Å². The summed E-state index contributed by atoms with van der Waals surface area (Å²) < 4.78 is 14.3. The Labute approximate surface area is 229 Å². The van der Waals surface area contributed by atoms with Crippen LogP contribution in [-0.4, -0.2) is 62.1 Å². The number of halogens is 1. The second-order valence-electron chi connectivity index (χ2n) is 8.86. The van der Waals surface area contributed by atoms with E-state index in [-0.39, 0.29) is 23.7 Å². The van der Waals surface area contributed by atoms with Gasteiger partial charge < -0.3 is 19.4 Å².